The molecule has 3 saturated carbocycles. The van der Waals surface area contributed by atoms with Gasteiger partial charge in [-0.25, -0.2) is 9.59 Å². The quantitative estimate of drug-likeness (QED) is 0.101. The fraction of sp³-hybridized carbons (Fsp3) is 0.500. The van der Waals surface area contributed by atoms with Gasteiger partial charge in [-0.3, -0.25) is 19.2 Å². The zero-order valence-corrected chi connectivity index (χ0v) is 38.0. The molecule has 0 heterocycles. The van der Waals surface area contributed by atoms with E-state index >= 15 is 4.79 Å². The van der Waals surface area contributed by atoms with Crippen LogP contribution in [0.3, 0.4) is 0 Å². The van der Waals surface area contributed by atoms with Crippen LogP contribution in [-0.4, -0.2) is 63.8 Å². The first kappa shape index (κ1) is 46.3. The van der Waals surface area contributed by atoms with Gasteiger partial charge in [-0.15, -0.1) is 0 Å². The van der Waals surface area contributed by atoms with Crippen molar-refractivity contribution in [2.75, 3.05) is 0 Å². The average Bonchev–Trinajstić information content (AvgIpc) is 3.40. The Balaban J connectivity index is 1.37. The van der Waals surface area contributed by atoms with E-state index in [0.717, 1.165) is 27.8 Å². The Kier molecular flexibility index (Phi) is 12.3. The van der Waals surface area contributed by atoms with Crippen LogP contribution in [0.4, 0.5) is 0 Å². The molecular formula is C52H62O10. The summed E-state index contributed by atoms with van der Waals surface area (Å²) in [5.74, 6) is -4.76. The van der Waals surface area contributed by atoms with Crippen LogP contribution in [0.15, 0.2) is 84.5 Å². The predicted molar refractivity (Wildman–Crippen MR) is 236 cm³/mol. The zero-order valence-electron chi connectivity index (χ0n) is 38.0. The summed E-state index contributed by atoms with van der Waals surface area (Å²) in [5, 5.41) is 12.5. The van der Waals surface area contributed by atoms with Crippen molar-refractivity contribution in [3.05, 3.63) is 107 Å². The number of fused-ring (bicyclic) bond motifs is 5. The first-order chi connectivity index (χ1) is 28.8. The first-order valence-corrected chi connectivity index (χ1v) is 21.6. The number of Topliss-reactive ketones (excluding diaryl/α,β-unsaturated/α-hetero) is 2. The maximum Gasteiger partial charge on any atom is 0.331 e. The highest BCUT2D eigenvalue weighted by molar-refractivity contribution is 5.99. The van der Waals surface area contributed by atoms with Gasteiger partial charge in [0.05, 0.1) is 0 Å². The highest BCUT2D eigenvalue weighted by Gasteiger charge is 2.75. The normalized spacial score (nSPS) is 31.5. The molecule has 0 unspecified atom stereocenters. The minimum Gasteiger partial charge on any atom is -0.459 e. The summed E-state index contributed by atoms with van der Waals surface area (Å²) in [6.07, 6.45) is 9.24. The Morgan fingerprint density at radius 3 is 1.84 bits per heavy atom. The molecule has 2 aromatic carbocycles. The summed E-state index contributed by atoms with van der Waals surface area (Å²) in [7, 11) is 0. The number of ketones is 3. The van der Waals surface area contributed by atoms with Crippen LogP contribution < -0.4 is 0 Å². The number of rotatable bonds is 11. The molecule has 10 nitrogen and oxygen atoms in total. The molecule has 6 rings (SSSR count). The summed E-state index contributed by atoms with van der Waals surface area (Å²) in [6, 6.07) is 15.3. The van der Waals surface area contributed by atoms with Crippen molar-refractivity contribution >= 4 is 47.4 Å². The third-order valence-corrected chi connectivity index (χ3v) is 15.0. The monoisotopic (exact) mass is 846 g/mol. The molecule has 0 aromatic heterocycles. The van der Waals surface area contributed by atoms with E-state index < -0.39 is 80.6 Å². The Bertz CT molecular complexity index is 2270. The Morgan fingerprint density at radius 1 is 0.774 bits per heavy atom. The van der Waals surface area contributed by atoms with Crippen molar-refractivity contribution in [2.45, 2.75) is 125 Å². The molecule has 1 N–H and O–H groups in total. The number of hydrogen-bond donors (Lipinski definition) is 1. The number of aliphatic hydroxyl groups is 1. The minimum absolute atomic E-state index is 0.0532. The summed E-state index contributed by atoms with van der Waals surface area (Å²) < 4.78 is 17.6. The number of benzene rings is 2. The Morgan fingerprint density at radius 2 is 1.31 bits per heavy atom. The first-order valence-electron chi connectivity index (χ1n) is 21.6. The van der Waals surface area contributed by atoms with Gasteiger partial charge in [-0.1, -0.05) is 92.1 Å². The standard InChI is InChI=1S/C52H62O10/c1-31-12-16-34(17-13-31)20-24-43(56)60-38-28-37-36(48(6,7)46(38)58)22-23-40-49(8)29-39(61-44(57)25-21-35-18-14-32(2)15-19-35)45(50(49,9)30-42(55)51(37,40)10)52(11,59)41(54)26-27-47(4,5)62-33(3)53/h12-22,24-27,37-40,45,59H,23,28-30H2,1-11H3/b24-20+,25-21+,27-26+/t37-,38+,39-,40+,45+,49+,50-,51+,52+/m1/s1. The van der Waals surface area contributed by atoms with Gasteiger partial charge >= 0.3 is 17.9 Å². The Hall–Kier alpha value is -5.22. The van der Waals surface area contributed by atoms with E-state index in [-0.39, 0.29) is 36.7 Å². The molecule has 0 saturated heterocycles. The lowest BCUT2D eigenvalue weighted by atomic mass is 9.38. The van der Waals surface area contributed by atoms with Crippen molar-refractivity contribution in [2.24, 2.45) is 39.4 Å². The van der Waals surface area contributed by atoms with E-state index in [1.165, 1.54) is 38.2 Å². The smallest absolute Gasteiger partial charge is 0.331 e. The van der Waals surface area contributed by atoms with E-state index in [1.54, 1.807) is 26.0 Å². The lowest BCUT2D eigenvalue weighted by Crippen LogP contribution is -2.65. The summed E-state index contributed by atoms with van der Waals surface area (Å²) in [4.78, 5) is 82.4. The minimum atomic E-state index is -2.14. The van der Waals surface area contributed by atoms with Gasteiger partial charge in [0, 0.05) is 42.2 Å². The number of allylic oxidation sites excluding steroid dienone is 2. The summed E-state index contributed by atoms with van der Waals surface area (Å²) in [6.45, 7) is 19.4. The molecule has 4 aliphatic carbocycles. The number of hydrogen-bond acceptors (Lipinski definition) is 10. The fourth-order valence-corrected chi connectivity index (χ4v) is 11.6. The van der Waals surface area contributed by atoms with Gasteiger partial charge in [0.25, 0.3) is 0 Å². The van der Waals surface area contributed by atoms with E-state index in [4.69, 9.17) is 14.2 Å². The lowest BCUT2D eigenvalue weighted by Gasteiger charge is -2.64. The SMILES string of the molecule is CC(=O)OC(C)(C)/C=C/C(=O)[C@](C)(O)[C@H]1[C@H](OC(=O)/C=C/c2ccc(C)cc2)C[C@@]2(C)[C@@H]3CC=C4[C@@H](C[C@H](OC(=O)/C=C/c5ccc(C)cc5)C(=O)C4(C)C)[C@]3(C)C(=O)C[C@]12C. The number of esters is 3. The fourth-order valence-electron chi connectivity index (χ4n) is 11.6. The predicted octanol–water partition coefficient (Wildman–Crippen LogP) is 8.64. The second-order valence-electron chi connectivity index (χ2n) is 20.1. The molecule has 62 heavy (non-hydrogen) atoms. The molecule has 3 fully saturated rings. The van der Waals surface area contributed by atoms with Crippen LogP contribution in [0.1, 0.15) is 110 Å². The molecule has 4 aliphatic rings. The third-order valence-electron chi connectivity index (χ3n) is 15.0. The van der Waals surface area contributed by atoms with Gasteiger partial charge in [0.1, 0.15) is 23.1 Å². The second kappa shape index (κ2) is 16.5. The number of carbonyl (C=O) groups excluding carboxylic acids is 6. The van der Waals surface area contributed by atoms with Crippen LogP contribution in [-0.2, 0) is 43.0 Å². The molecule has 0 bridgehead atoms. The van der Waals surface area contributed by atoms with Crippen molar-refractivity contribution in [3.8, 4) is 0 Å². The molecular weight excluding hydrogens is 785 g/mol. The average molecular weight is 847 g/mol. The largest absolute Gasteiger partial charge is 0.459 e. The van der Waals surface area contributed by atoms with Crippen molar-refractivity contribution in [3.63, 3.8) is 0 Å². The van der Waals surface area contributed by atoms with Gasteiger partial charge in [0.2, 0.25) is 0 Å². The second-order valence-corrected chi connectivity index (χ2v) is 20.1. The molecule has 330 valence electrons. The van der Waals surface area contributed by atoms with Gasteiger partial charge < -0.3 is 19.3 Å². The van der Waals surface area contributed by atoms with Crippen molar-refractivity contribution < 1.29 is 48.1 Å². The molecule has 0 aliphatic heterocycles. The molecule has 0 amide bonds. The maximum atomic E-state index is 15.2. The highest BCUT2D eigenvalue weighted by Crippen LogP contribution is 2.74. The third kappa shape index (κ3) is 8.35. The molecule has 9 atom stereocenters. The highest BCUT2D eigenvalue weighted by atomic mass is 16.6. The molecule has 10 heteroatoms. The maximum absolute atomic E-state index is 15.2. The van der Waals surface area contributed by atoms with Crippen LogP contribution in [0, 0.1) is 53.3 Å². The van der Waals surface area contributed by atoms with Gasteiger partial charge in [-0.05, 0) is 126 Å². The zero-order chi connectivity index (χ0) is 45.8. The van der Waals surface area contributed by atoms with Crippen LogP contribution in [0.2, 0.25) is 0 Å². The number of aryl methyl sites for hydroxylation is 2. The van der Waals surface area contributed by atoms with E-state index in [2.05, 4.69) is 13.0 Å². The van der Waals surface area contributed by atoms with Crippen molar-refractivity contribution in [1.29, 1.82) is 0 Å². The van der Waals surface area contributed by atoms with Crippen molar-refractivity contribution in [1.82, 2.24) is 0 Å². The van der Waals surface area contributed by atoms with E-state index in [1.807, 2.05) is 90.1 Å². The van der Waals surface area contributed by atoms with E-state index in [0.29, 0.717) is 6.42 Å². The lowest BCUT2D eigenvalue weighted by molar-refractivity contribution is -0.186. The molecule has 0 spiro atoms. The Labute approximate surface area is 365 Å². The van der Waals surface area contributed by atoms with E-state index in [9.17, 15) is 29.1 Å². The number of carbonyl (C=O) groups is 6. The summed E-state index contributed by atoms with van der Waals surface area (Å²) >= 11 is 0. The summed E-state index contributed by atoms with van der Waals surface area (Å²) in [5.41, 5.74) is -2.67. The van der Waals surface area contributed by atoms with Gasteiger partial charge in [0.15, 0.2) is 17.7 Å². The van der Waals surface area contributed by atoms with Crippen LogP contribution in [0.25, 0.3) is 12.2 Å². The van der Waals surface area contributed by atoms with Gasteiger partial charge in [-0.2, -0.15) is 0 Å². The number of ether oxygens (including phenoxy) is 3. The topological polar surface area (TPSA) is 150 Å². The molecule has 0 radical (unpaired) electrons. The van der Waals surface area contributed by atoms with Crippen LogP contribution >= 0.6 is 0 Å². The van der Waals surface area contributed by atoms with Crippen LogP contribution in [0.5, 0.6) is 0 Å². The molecule has 2 aromatic rings.